The average Bonchev–Trinajstić information content (AvgIpc) is 3.30. The Bertz CT molecular complexity index is 390. The molecule has 1 saturated carbocycles. The zero-order chi connectivity index (χ0) is 16.0. The van der Waals surface area contributed by atoms with Crippen LogP contribution in [0.4, 0.5) is 0 Å². The van der Waals surface area contributed by atoms with Crippen molar-refractivity contribution in [1.29, 1.82) is 0 Å². The highest BCUT2D eigenvalue weighted by Crippen LogP contribution is 2.38. The van der Waals surface area contributed by atoms with Gasteiger partial charge in [0.2, 0.25) is 0 Å². The number of unbranched alkanes of at least 4 members (excludes halogenated alkanes) is 1. The van der Waals surface area contributed by atoms with Crippen molar-refractivity contribution in [3.05, 3.63) is 0 Å². The van der Waals surface area contributed by atoms with Crippen LogP contribution in [0.15, 0.2) is 4.99 Å². The monoisotopic (exact) mass is 449 g/mol. The molecule has 3 rings (SSSR count). The van der Waals surface area contributed by atoms with Crippen molar-refractivity contribution in [2.45, 2.75) is 64.7 Å². The lowest BCUT2D eigenvalue weighted by atomic mass is 9.87. The minimum absolute atomic E-state index is 0. The van der Waals surface area contributed by atoms with Crippen molar-refractivity contribution >= 4 is 29.9 Å². The van der Waals surface area contributed by atoms with Gasteiger partial charge in [0.25, 0.3) is 0 Å². The number of hydrogen-bond acceptors (Lipinski definition) is 2. The van der Waals surface area contributed by atoms with Crippen LogP contribution in [0.2, 0.25) is 0 Å². The first-order chi connectivity index (χ1) is 11.3. The molecule has 140 valence electrons. The van der Waals surface area contributed by atoms with Crippen molar-refractivity contribution in [1.82, 2.24) is 10.2 Å². The number of halogens is 1. The number of nitrogens with one attached hydrogen (secondary N) is 1. The molecule has 0 bridgehead atoms. The molecule has 2 saturated heterocycles. The molecule has 0 amide bonds. The smallest absolute Gasteiger partial charge is 0.193 e. The van der Waals surface area contributed by atoms with Gasteiger partial charge >= 0.3 is 0 Å². The molecule has 0 radical (unpaired) electrons. The largest absolute Gasteiger partial charge is 0.381 e. The second-order valence-electron chi connectivity index (χ2n) is 7.86. The molecule has 3 aliphatic rings. The number of guanidine groups is 1. The van der Waals surface area contributed by atoms with Gasteiger partial charge in [-0.05, 0) is 32.1 Å². The first-order valence-electron chi connectivity index (χ1n) is 9.92. The zero-order valence-electron chi connectivity index (χ0n) is 15.4. The van der Waals surface area contributed by atoms with E-state index >= 15 is 0 Å². The van der Waals surface area contributed by atoms with Crippen molar-refractivity contribution in [3.63, 3.8) is 0 Å². The van der Waals surface area contributed by atoms with E-state index in [0.717, 1.165) is 51.3 Å². The van der Waals surface area contributed by atoms with Crippen LogP contribution in [0.1, 0.15) is 64.7 Å². The summed E-state index contributed by atoms with van der Waals surface area (Å²) in [7, 11) is 0. The summed E-state index contributed by atoms with van der Waals surface area (Å²) in [5.74, 6) is 2.16. The molecule has 24 heavy (non-hydrogen) atoms. The van der Waals surface area contributed by atoms with Crippen LogP contribution in [0.5, 0.6) is 0 Å². The number of ether oxygens (including phenoxy) is 1. The standard InChI is InChI=1S/C19H35N3O.HI/c1-2-20-18(21-12-6-5-9-17-7-3-4-8-17)22-13-10-19(15-22)11-14-23-16-19;/h17H,2-16H2,1H3,(H,20,21);1H. The molecule has 4 nitrogen and oxygen atoms in total. The highest BCUT2D eigenvalue weighted by atomic mass is 127. The van der Waals surface area contributed by atoms with Crippen LogP contribution in [0.25, 0.3) is 0 Å². The van der Waals surface area contributed by atoms with Gasteiger partial charge in [0.05, 0.1) is 6.61 Å². The van der Waals surface area contributed by atoms with Crippen LogP contribution in [-0.4, -0.2) is 50.3 Å². The predicted molar refractivity (Wildman–Crippen MR) is 111 cm³/mol. The van der Waals surface area contributed by atoms with Gasteiger partial charge in [0.15, 0.2) is 5.96 Å². The van der Waals surface area contributed by atoms with Gasteiger partial charge in [0, 0.05) is 38.2 Å². The van der Waals surface area contributed by atoms with Crippen LogP contribution < -0.4 is 5.32 Å². The summed E-state index contributed by atoms with van der Waals surface area (Å²) in [6.07, 6.45) is 12.4. The molecule has 5 heteroatoms. The normalized spacial score (nSPS) is 27.9. The maximum Gasteiger partial charge on any atom is 0.193 e. The minimum Gasteiger partial charge on any atom is -0.381 e. The SMILES string of the molecule is CCNC(=NCCCCC1CCCC1)N1CCC2(CCOC2)C1.I. The van der Waals surface area contributed by atoms with Gasteiger partial charge in [-0.1, -0.05) is 38.5 Å². The molecule has 1 unspecified atom stereocenters. The quantitative estimate of drug-likeness (QED) is 0.288. The number of hydrogen-bond donors (Lipinski definition) is 1. The molecule has 1 N–H and O–H groups in total. The summed E-state index contributed by atoms with van der Waals surface area (Å²) in [6.45, 7) is 8.27. The van der Waals surface area contributed by atoms with E-state index in [0.29, 0.717) is 5.41 Å². The van der Waals surface area contributed by atoms with Crippen molar-refractivity contribution < 1.29 is 4.74 Å². The first-order valence-corrected chi connectivity index (χ1v) is 9.92. The molecule has 2 aliphatic heterocycles. The number of likely N-dealkylation sites (tertiary alicyclic amines) is 1. The van der Waals surface area contributed by atoms with Crippen molar-refractivity contribution in [2.75, 3.05) is 39.4 Å². The molecule has 1 atom stereocenters. The molecule has 1 aliphatic carbocycles. The van der Waals surface area contributed by atoms with E-state index in [1.807, 2.05) is 0 Å². The molecule has 0 aromatic carbocycles. The summed E-state index contributed by atoms with van der Waals surface area (Å²) in [5.41, 5.74) is 0.415. The Morgan fingerprint density at radius 1 is 1.25 bits per heavy atom. The Kier molecular flexibility index (Phi) is 8.61. The van der Waals surface area contributed by atoms with Crippen LogP contribution in [0, 0.1) is 11.3 Å². The Morgan fingerprint density at radius 2 is 2.08 bits per heavy atom. The van der Waals surface area contributed by atoms with Gasteiger partial charge in [-0.3, -0.25) is 4.99 Å². The van der Waals surface area contributed by atoms with Crippen LogP contribution >= 0.6 is 24.0 Å². The Morgan fingerprint density at radius 3 is 2.79 bits per heavy atom. The molecular formula is C19H36IN3O. The Labute approximate surface area is 165 Å². The van der Waals surface area contributed by atoms with E-state index in [1.165, 1.54) is 57.8 Å². The third-order valence-corrected chi connectivity index (χ3v) is 6.01. The number of nitrogens with zero attached hydrogens (tertiary/aromatic N) is 2. The average molecular weight is 449 g/mol. The predicted octanol–water partition coefficient (Wildman–Crippen LogP) is 4.04. The third-order valence-electron chi connectivity index (χ3n) is 6.01. The topological polar surface area (TPSA) is 36.9 Å². The molecule has 0 aromatic heterocycles. The highest BCUT2D eigenvalue weighted by Gasteiger charge is 2.42. The number of aliphatic imine (C=N–C) groups is 1. The third kappa shape index (κ3) is 5.48. The number of rotatable bonds is 6. The van der Waals surface area contributed by atoms with Crippen LogP contribution in [-0.2, 0) is 4.74 Å². The van der Waals surface area contributed by atoms with Gasteiger partial charge in [0.1, 0.15) is 0 Å². The van der Waals surface area contributed by atoms with Gasteiger partial charge in [-0.25, -0.2) is 0 Å². The van der Waals surface area contributed by atoms with Crippen LogP contribution in [0.3, 0.4) is 0 Å². The van der Waals surface area contributed by atoms with E-state index < -0.39 is 0 Å². The minimum atomic E-state index is 0. The van der Waals surface area contributed by atoms with Crippen molar-refractivity contribution in [3.8, 4) is 0 Å². The summed E-state index contributed by atoms with van der Waals surface area (Å²) in [6, 6.07) is 0. The fourth-order valence-electron chi connectivity index (χ4n) is 4.54. The van der Waals surface area contributed by atoms with Gasteiger partial charge in [-0.2, -0.15) is 0 Å². The molecule has 3 fully saturated rings. The summed E-state index contributed by atoms with van der Waals surface area (Å²) < 4.78 is 5.65. The maximum atomic E-state index is 5.65. The van der Waals surface area contributed by atoms with E-state index in [-0.39, 0.29) is 24.0 Å². The van der Waals surface area contributed by atoms with E-state index in [1.54, 1.807) is 0 Å². The van der Waals surface area contributed by atoms with Gasteiger partial charge < -0.3 is 15.0 Å². The second kappa shape index (κ2) is 10.2. The molecule has 2 heterocycles. The lowest BCUT2D eigenvalue weighted by Crippen LogP contribution is -2.41. The summed E-state index contributed by atoms with van der Waals surface area (Å²) in [5, 5.41) is 3.50. The van der Waals surface area contributed by atoms with E-state index in [2.05, 4.69) is 17.1 Å². The summed E-state index contributed by atoms with van der Waals surface area (Å²) >= 11 is 0. The first kappa shape index (κ1) is 20.3. The Hall–Kier alpha value is -0.0400. The lowest BCUT2D eigenvalue weighted by Gasteiger charge is -2.25. The molecular weight excluding hydrogens is 413 g/mol. The van der Waals surface area contributed by atoms with Gasteiger partial charge in [-0.15, -0.1) is 24.0 Å². The van der Waals surface area contributed by atoms with E-state index in [9.17, 15) is 0 Å². The Balaban J connectivity index is 0.00000208. The fraction of sp³-hybridized carbons (Fsp3) is 0.947. The van der Waals surface area contributed by atoms with E-state index in [4.69, 9.17) is 9.73 Å². The van der Waals surface area contributed by atoms with Crippen molar-refractivity contribution in [2.24, 2.45) is 16.3 Å². The molecule has 1 spiro atoms. The maximum absolute atomic E-state index is 5.65. The lowest BCUT2D eigenvalue weighted by molar-refractivity contribution is 0.156. The molecule has 0 aromatic rings. The zero-order valence-corrected chi connectivity index (χ0v) is 17.7. The summed E-state index contributed by atoms with van der Waals surface area (Å²) in [4.78, 5) is 7.37. The fourth-order valence-corrected chi connectivity index (χ4v) is 4.54. The highest BCUT2D eigenvalue weighted by molar-refractivity contribution is 14.0. The second-order valence-corrected chi connectivity index (χ2v) is 7.86.